The molecule has 250 valence electrons. The number of anilines is 2. The Morgan fingerprint density at radius 3 is 2.55 bits per heavy atom. The summed E-state index contributed by atoms with van der Waals surface area (Å²) >= 11 is 0. The summed E-state index contributed by atoms with van der Waals surface area (Å²) in [5, 5.41) is 19.5. The second kappa shape index (κ2) is 14.4. The van der Waals surface area contributed by atoms with E-state index < -0.39 is 18.0 Å². The molecule has 14 nitrogen and oxygen atoms in total. The Morgan fingerprint density at radius 2 is 1.83 bits per heavy atom. The Bertz CT molecular complexity index is 1540. The van der Waals surface area contributed by atoms with Crippen molar-refractivity contribution in [2.45, 2.75) is 57.0 Å². The standard InChI is InChI=1S/C33H42N8O6/c1-47-29-7-6-24(16-27(29)40-14-10-30(42)37-33(40)46)31(43)35-17-22-2-4-23(5-3-22)20-38-12-8-25(9-13-38)41-21-26(18-36-41)39-15-11-34-19-28(39)32(44)45/h6-7,11,15-16,18-19,21-23,25,28H,2-5,8-10,12-14,17,20H2,1H3,(H,35,43)(H,44,45)(H,37,42,46). The fourth-order valence-corrected chi connectivity index (χ4v) is 7.02. The third-order valence-electron chi connectivity index (χ3n) is 9.73. The lowest BCUT2D eigenvalue weighted by Gasteiger charge is -2.36. The van der Waals surface area contributed by atoms with Crippen LogP contribution in [0.1, 0.15) is 61.3 Å². The van der Waals surface area contributed by atoms with Crippen LogP contribution >= 0.6 is 0 Å². The van der Waals surface area contributed by atoms with Gasteiger partial charge in [-0.3, -0.25) is 29.5 Å². The summed E-state index contributed by atoms with van der Waals surface area (Å²) in [6, 6.07) is 3.93. The molecule has 2 aromatic rings. The van der Waals surface area contributed by atoms with Gasteiger partial charge in [0.2, 0.25) is 5.91 Å². The number of carboxylic acids is 1. The van der Waals surface area contributed by atoms with Crippen molar-refractivity contribution >= 4 is 41.4 Å². The Hall–Kier alpha value is -4.72. The van der Waals surface area contributed by atoms with E-state index in [4.69, 9.17) is 4.74 Å². The zero-order valence-corrected chi connectivity index (χ0v) is 26.6. The van der Waals surface area contributed by atoms with Crippen LogP contribution in [-0.4, -0.2) is 95.7 Å². The summed E-state index contributed by atoms with van der Waals surface area (Å²) in [6.07, 6.45) is 14.9. The molecule has 47 heavy (non-hydrogen) atoms. The highest BCUT2D eigenvalue weighted by Crippen LogP contribution is 2.33. The zero-order valence-electron chi connectivity index (χ0n) is 26.6. The number of carbonyl (C=O) groups is 4. The predicted octanol–water partition coefficient (Wildman–Crippen LogP) is 3.03. The number of imide groups is 1. The van der Waals surface area contributed by atoms with Crippen molar-refractivity contribution in [2.24, 2.45) is 16.8 Å². The molecule has 0 spiro atoms. The van der Waals surface area contributed by atoms with E-state index >= 15 is 0 Å². The van der Waals surface area contributed by atoms with Gasteiger partial charge in [0, 0.05) is 69.5 Å². The third-order valence-corrected chi connectivity index (χ3v) is 9.73. The van der Waals surface area contributed by atoms with E-state index in [0.717, 1.165) is 63.8 Å². The van der Waals surface area contributed by atoms with Gasteiger partial charge >= 0.3 is 12.0 Å². The van der Waals surface area contributed by atoms with E-state index in [9.17, 15) is 24.3 Å². The van der Waals surface area contributed by atoms with Crippen LogP contribution in [0.4, 0.5) is 16.2 Å². The largest absolute Gasteiger partial charge is 0.495 e. The molecular formula is C33H42N8O6. The van der Waals surface area contributed by atoms with Gasteiger partial charge in [-0.15, -0.1) is 0 Å². The average Bonchev–Trinajstić information content (AvgIpc) is 3.58. The lowest BCUT2D eigenvalue weighted by atomic mass is 9.81. The highest BCUT2D eigenvalue weighted by Gasteiger charge is 2.30. The SMILES string of the molecule is COc1ccc(C(=O)NCC2CCC(CN3CCC(n4cc(N5C=CN=CC5C(=O)O)cn4)CC3)CC2)cc1N1CCC(=O)NC1=O. The fraction of sp³-hybridized carbons (Fsp3) is 0.515. The van der Waals surface area contributed by atoms with Crippen molar-refractivity contribution in [3.8, 4) is 5.75 Å². The van der Waals surface area contributed by atoms with Gasteiger partial charge in [-0.1, -0.05) is 0 Å². The molecule has 0 radical (unpaired) electrons. The number of ether oxygens (including phenoxy) is 1. The summed E-state index contributed by atoms with van der Waals surface area (Å²) < 4.78 is 7.39. The number of urea groups is 1. The summed E-state index contributed by atoms with van der Waals surface area (Å²) in [5.41, 5.74) is 1.65. The molecule has 14 heteroatoms. The van der Waals surface area contributed by atoms with Gasteiger partial charge in [-0.25, -0.2) is 9.59 Å². The van der Waals surface area contributed by atoms with Gasteiger partial charge in [0.15, 0.2) is 6.04 Å². The smallest absolute Gasteiger partial charge is 0.332 e. The normalized spacial score (nSPS) is 23.9. The maximum atomic E-state index is 13.1. The third kappa shape index (κ3) is 7.48. The van der Waals surface area contributed by atoms with Crippen LogP contribution in [0.3, 0.4) is 0 Å². The van der Waals surface area contributed by atoms with Crippen LogP contribution in [-0.2, 0) is 9.59 Å². The minimum Gasteiger partial charge on any atom is -0.495 e. The molecule has 1 saturated carbocycles. The Kier molecular flexibility index (Phi) is 9.85. The highest BCUT2D eigenvalue weighted by molar-refractivity contribution is 6.07. The molecule has 1 aromatic carbocycles. The first kappa shape index (κ1) is 32.2. The van der Waals surface area contributed by atoms with Gasteiger partial charge < -0.3 is 25.0 Å². The molecule has 6 rings (SSSR count). The molecule has 3 aliphatic heterocycles. The quantitative estimate of drug-likeness (QED) is 0.352. The van der Waals surface area contributed by atoms with Crippen LogP contribution < -0.4 is 25.2 Å². The minimum atomic E-state index is -0.952. The number of hydrogen-bond donors (Lipinski definition) is 3. The molecule has 1 unspecified atom stereocenters. The number of amides is 4. The number of aliphatic imine (C=N–C) groups is 1. The Balaban J connectivity index is 0.929. The van der Waals surface area contributed by atoms with Gasteiger partial charge in [0.25, 0.3) is 5.91 Å². The maximum absolute atomic E-state index is 13.1. The molecule has 4 aliphatic rings. The van der Waals surface area contributed by atoms with Crippen molar-refractivity contribution < 1.29 is 29.0 Å². The number of nitrogens with zero attached hydrogens (tertiary/aromatic N) is 6. The summed E-state index contributed by atoms with van der Waals surface area (Å²) in [5.74, 6) is 0.0587. The molecule has 0 bridgehead atoms. The number of carbonyl (C=O) groups excluding carboxylic acids is 3. The Morgan fingerprint density at radius 1 is 1.06 bits per heavy atom. The van der Waals surface area contributed by atoms with Crippen molar-refractivity contribution in [3.63, 3.8) is 0 Å². The molecule has 4 heterocycles. The number of hydrogen-bond acceptors (Lipinski definition) is 9. The monoisotopic (exact) mass is 646 g/mol. The predicted molar refractivity (Wildman–Crippen MR) is 175 cm³/mol. The molecular weight excluding hydrogens is 604 g/mol. The van der Waals surface area contributed by atoms with Crippen molar-refractivity contribution in [1.82, 2.24) is 25.3 Å². The van der Waals surface area contributed by atoms with Crippen molar-refractivity contribution in [3.05, 3.63) is 48.6 Å². The lowest BCUT2D eigenvalue weighted by molar-refractivity contribution is -0.136. The van der Waals surface area contributed by atoms with Gasteiger partial charge in [-0.05, 0) is 68.6 Å². The molecule has 4 amide bonds. The number of piperidine rings is 1. The Labute approximate surface area is 273 Å². The second-order valence-corrected chi connectivity index (χ2v) is 12.7. The molecule has 2 saturated heterocycles. The topological polar surface area (TPSA) is 162 Å². The lowest BCUT2D eigenvalue weighted by Crippen LogP contribution is -2.49. The minimum absolute atomic E-state index is 0.185. The number of rotatable bonds is 10. The fourth-order valence-electron chi connectivity index (χ4n) is 7.02. The molecule has 1 aromatic heterocycles. The number of likely N-dealkylation sites (tertiary alicyclic amines) is 1. The van der Waals surface area contributed by atoms with Crippen LogP contribution in [0.15, 0.2) is 48.0 Å². The number of aliphatic carboxylic acids is 1. The number of benzene rings is 1. The van der Waals surface area contributed by atoms with Crippen LogP contribution in [0.25, 0.3) is 0 Å². The first-order chi connectivity index (χ1) is 22.8. The van der Waals surface area contributed by atoms with E-state index in [2.05, 4.69) is 25.6 Å². The molecule has 3 N–H and O–H groups in total. The van der Waals surface area contributed by atoms with E-state index in [1.807, 2.05) is 10.9 Å². The van der Waals surface area contributed by atoms with Crippen LogP contribution in [0.5, 0.6) is 5.75 Å². The first-order valence-corrected chi connectivity index (χ1v) is 16.3. The number of aromatic nitrogens is 2. The highest BCUT2D eigenvalue weighted by atomic mass is 16.5. The number of methoxy groups -OCH3 is 1. The van der Waals surface area contributed by atoms with E-state index in [0.29, 0.717) is 35.4 Å². The molecule has 1 aliphatic carbocycles. The van der Waals surface area contributed by atoms with Gasteiger partial charge in [-0.2, -0.15) is 5.10 Å². The molecule has 3 fully saturated rings. The van der Waals surface area contributed by atoms with Crippen LogP contribution in [0.2, 0.25) is 0 Å². The summed E-state index contributed by atoms with van der Waals surface area (Å²) in [4.78, 5) is 58.3. The molecule has 1 atom stereocenters. The summed E-state index contributed by atoms with van der Waals surface area (Å²) in [6.45, 7) is 3.92. The second-order valence-electron chi connectivity index (χ2n) is 12.7. The van der Waals surface area contributed by atoms with E-state index in [-0.39, 0.29) is 30.8 Å². The first-order valence-electron chi connectivity index (χ1n) is 16.3. The summed E-state index contributed by atoms with van der Waals surface area (Å²) in [7, 11) is 1.51. The van der Waals surface area contributed by atoms with Crippen LogP contribution in [0, 0.1) is 11.8 Å². The van der Waals surface area contributed by atoms with Gasteiger partial charge in [0.05, 0.1) is 30.7 Å². The number of nitrogens with one attached hydrogen (secondary N) is 2. The zero-order chi connectivity index (χ0) is 32.9. The van der Waals surface area contributed by atoms with Crippen molar-refractivity contribution in [1.29, 1.82) is 0 Å². The number of carboxylic acid groups (broad SMARTS) is 1. The van der Waals surface area contributed by atoms with E-state index in [1.54, 1.807) is 41.7 Å². The van der Waals surface area contributed by atoms with Gasteiger partial charge in [0.1, 0.15) is 5.75 Å². The van der Waals surface area contributed by atoms with Crippen molar-refractivity contribution in [2.75, 3.05) is 49.6 Å². The van der Waals surface area contributed by atoms with E-state index in [1.165, 1.54) is 18.2 Å². The average molecular weight is 647 g/mol. The maximum Gasteiger partial charge on any atom is 0.332 e.